The van der Waals surface area contributed by atoms with Crippen LogP contribution in [0.25, 0.3) is 0 Å². The van der Waals surface area contributed by atoms with E-state index in [1.165, 1.54) is 6.07 Å². The van der Waals surface area contributed by atoms with Gasteiger partial charge in [-0.1, -0.05) is 26.8 Å². The number of hydrogen-bond donors (Lipinski definition) is 2. The van der Waals surface area contributed by atoms with Crippen LogP contribution < -0.4 is 0 Å². The van der Waals surface area contributed by atoms with E-state index in [1.54, 1.807) is 6.07 Å². The van der Waals surface area contributed by atoms with E-state index < -0.39 is 11.9 Å². The Labute approximate surface area is 106 Å². The molecule has 0 aromatic heterocycles. The lowest BCUT2D eigenvalue weighted by Crippen LogP contribution is -2.15. The molecule has 0 fully saturated rings. The summed E-state index contributed by atoms with van der Waals surface area (Å²) in [4.78, 5) is 22.5. The van der Waals surface area contributed by atoms with Crippen LogP contribution in [0, 0.1) is 0 Å². The second-order valence-electron chi connectivity index (χ2n) is 4.33. The van der Waals surface area contributed by atoms with Gasteiger partial charge < -0.3 is 10.2 Å². The van der Waals surface area contributed by atoms with E-state index >= 15 is 0 Å². The van der Waals surface area contributed by atoms with E-state index in [0.717, 1.165) is 12.0 Å². The zero-order valence-electron chi connectivity index (χ0n) is 10.9. The summed E-state index contributed by atoms with van der Waals surface area (Å²) in [6, 6.07) is 3.11. The molecule has 0 aliphatic heterocycles. The second-order valence-corrected chi connectivity index (χ2v) is 4.33. The maximum absolute atomic E-state index is 11.4. The van der Waals surface area contributed by atoms with E-state index in [1.807, 2.05) is 20.8 Å². The van der Waals surface area contributed by atoms with Gasteiger partial charge in [0, 0.05) is 0 Å². The fraction of sp³-hybridized carbons (Fsp3) is 0.429. The van der Waals surface area contributed by atoms with Crippen molar-refractivity contribution in [3.63, 3.8) is 0 Å². The monoisotopic (exact) mass is 250 g/mol. The Balaban J connectivity index is 3.64. The first kappa shape index (κ1) is 14.2. The minimum Gasteiger partial charge on any atom is -0.478 e. The van der Waals surface area contributed by atoms with Crippen molar-refractivity contribution in [2.45, 2.75) is 39.5 Å². The van der Waals surface area contributed by atoms with Crippen LogP contribution in [0.2, 0.25) is 0 Å². The van der Waals surface area contributed by atoms with Gasteiger partial charge in [-0.3, -0.25) is 0 Å². The van der Waals surface area contributed by atoms with Gasteiger partial charge in [0.1, 0.15) is 0 Å². The molecule has 0 saturated heterocycles. The smallest absolute Gasteiger partial charge is 0.336 e. The first-order chi connectivity index (χ1) is 8.43. The molecule has 0 spiro atoms. The molecule has 98 valence electrons. The number of aryl methyl sites for hydroxylation is 1. The quantitative estimate of drug-likeness (QED) is 0.841. The first-order valence-electron chi connectivity index (χ1n) is 6.06. The van der Waals surface area contributed by atoms with Crippen LogP contribution in [0.5, 0.6) is 0 Å². The van der Waals surface area contributed by atoms with Crippen molar-refractivity contribution in [2.24, 2.45) is 0 Å². The van der Waals surface area contributed by atoms with Gasteiger partial charge in [-0.2, -0.15) is 0 Å². The van der Waals surface area contributed by atoms with Gasteiger partial charge in [-0.25, -0.2) is 9.59 Å². The Morgan fingerprint density at radius 1 is 1.17 bits per heavy atom. The third kappa shape index (κ3) is 2.53. The molecule has 4 nitrogen and oxygen atoms in total. The molecule has 2 N–H and O–H groups in total. The number of carboxylic acids is 2. The van der Waals surface area contributed by atoms with E-state index in [-0.39, 0.29) is 17.0 Å². The molecule has 0 aliphatic rings. The molecule has 1 rings (SSSR count). The number of benzene rings is 1. The number of carboxylic acid groups (broad SMARTS) is 2. The molecule has 18 heavy (non-hydrogen) atoms. The summed E-state index contributed by atoms with van der Waals surface area (Å²) in [5.74, 6) is -2.33. The van der Waals surface area contributed by atoms with Crippen LogP contribution in [0.3, 0.4) is 0 Å². The fourth-order valence-electron chi connectivity index (χ4n) is 2.15. The zero-order valence-corrected chi connectivity index (χ0v) is 10.9. The largest absolute Gasteiger partial charge is 0.478 e. The van der Waals surface area contributed by atoms with Crippen molar-refractivity contribution in [1.82, 2.24) is 0 Å². The Morgan fingerprint density at radius 3 is 2.17 bits per heavy atom. The lowest BCUT2D eigenvalue weighted by atomic mass is 9.85. The molecule has 0 radical (unpaired) electrons. The molecule has 0 aliphatic carbocycles. The SMILES string of the molecule is CCc1ccc(C(=O)O)c(C(=O)O)c1C(C)CC. The highest BCUT2D eigenvalue weighted by Gasteiger charge is 2.24. The van der Waals surface area contributed by atoms with Gasteiger partial charge in [-0.05, 0) is 36.0 Å². The summed E-state index contributed by atoms with van der Waals surface area (Å²) in [6.07, 6.45) is 1.47. The Hall–Kier alpha value is -1.84. The summed E-state index contributed by atoms with van der Waals surface area (Å²) in [5.41, 5.74) is 1.38. The average Bonchev–Trinajstić information content (AvgIpc) is 2.35. The molecule has 1 atom stereocenters. The van der Waals surface area contributed by atoms with Gasteiger partial charge in [0.2, 0.25) is 0 Å². The van der Waals surface area contributed by atoms with E-state index in [4.69, 9.17) is 5.11 Å². The molecule has 0 amide bonds. The Kier molecular flexibility index (Phi) is 4.48. The van der Waals surface area contributed by atoms with Gasteiger partial charge in [-0.15, -0.1) is 0 Å². The Morgan fingerprint density at radius 2 is 1.78 bits per heavy atom. The molecule has 4 heteroatoms. The lowest BCUT2D eigenvalue weighted by molar-refractivity contribution is 0.0650. The molecule has 0 bridgehead atoms. The Bertz CT molecular complexity index is 477. The van der Waals surface area contributed by atoms with Crippen molar-refractivity contribution in [3.8, 4) is 0 Å². The van der Waals surface area contributed by atoms with Gasteiger partial charge in [0.25, 0.3) is 0 Å². The van der Waals surface area contributed by atoms with Gasteiger partial charge in [0.05, 0.1) is 11.1 Å². The summed E-state index contributed by atoms with van der Waals surface area (Å²) >= 11 is 0. The number of hydrogen-bond acceptors (Lipinski definition) is 2. The summed E-state index contributed by atoms with van der Waals surface area (Å²) in [7, 11) is 0. The van der Waals surface area contributed by atoms with Gasteiger partial charge >= 0.3 is 11.9 Å². The number of rotatable bonds is 5. The van der Waals surface area contributed by atoms with Crippen LogP contribution >= 0.6 is 0 Å². The van der Waals surface area contributed by atoms with Crippen LogP contribution in [0.4, 0.5) is 0 Å². The summed E-state index contributed by atoms with van der Waals surface area (Å²) in [5, 5.41) is 18.4. The highest BCUT2D eigenvalue weighted by molar-refractivity contribution is 6.03. The van der Waals surface area contributed by atoms with Crippen molar-refractivity contribution in [1.29, 1.82) is 0 Å². The number of carbonyl (C=O) groups is 2. The maximum atomic E-state index is 11.4. The van der Waals surface area contributed by atoms with Crippen LogP contribution in [0.1, 0.15) is 65.0 Å². The third-order valence-electron chi connectivity index (χ3n) is 3.27. The molecular weight excluding hydrogens is 232 g/mol. The molecule has 0 saturated carbocycles. The predicted molar refractivity (Wildman–Crippen MR) is 68.4 cm³/mol. The molecule has 1 aromatic rings. The topological polar surface area (TPSA) is 74.6 Å². The van der Waals surface area contributed by atoms with Crippen molar-refractivity contribution in [3.05, 3.63) is 34.4 Å². The normalized spacial score (nSPS) is 12.2. The standard InChI is InChI=1S/C14H18O4/c1-4-8(3)11-9(5-2)6-7-10(13(15)16)12(11)14(17)18/h6-8H,4-5H2,1-3H3,(H,15,16)(H,17,18). The average molecular weight is 250 g/mol. The molecule has 1 aromatic carbocycles. The van der Waals surface area contributed by atoms with Crippen molar-refractivity contribution in [2.75, 3.05) is 0 Å². The van der Waals surface area contributed by atoms with E-state index in [9.17, 15) is 14.7 Å². The zero-order chi connectivity index (χ0) is 13.9. The lowest BCUT2D eigenvalue weighted by Gasteiger charge is -2.18. The highest BCUT2D eigenvalue weighted by Crippen LogP contribution is 2.29. The summed E-state index contributed by atoms with van der Waals surface area (Å²) in [6.45, 7) is 5.82. The minimum atomic E-state index is -1.19. The molecular formula is C14H18O4. The third-order valence-corrected chi connectivity index (χ3v) is 3.27. The van der Waals surface area contributed by atoms with Crippen LogP contribution in [-0.4, -0.2) is 22.2 Å². The molecule has 1 unspecified atom stereocenters. The fourth-order valence-corrected chi connectivity index (χ4v) is 2.15. The van der Waals surface area contributed by atoms with Gasteiger partial charge in [0.15, 0.2) is 0 Å². The predicted octanol–water partition coefficient (Wildman–Crippen LogP) is 3.16. The van der Waals surface area contributed by atoms with E-state index in [2.05, 4.69) is 0 Å². The number of aromatic carboxylic acids is 2. The summed E-state index contributed by atoms with van der Waals surface area (Å²) < 4.78 is 0. The van der Waals surface area contributed by atoms with E-state index in [0.29, 0.717) is 12.0 Å². The molecule has 0 heterocycles. The second kappa shape index (κ2) is 5.67. The first-order valence-corrected chi connectivity index (χ1v) is 6.06. The highest BCUT2D eigenvalue weighted by atomic mass is 16.4. The van der Waals surface area contributed by atoms with Crippen LogP contribution in [-0.2, 0) is 6.42 Å². The minimum absolute atomic E-state index is 0.0327. The maximum Gasteiger partial charge on any atom is 0.336 e. The van der Waals surface area contributed by atoms with Crippen LogP contribution in [0.15, 0.2) is 12.1 Å². The van der Waals surface area contributed by atoms with Crippen molar-refractivity contribution < 1.29 is 19.8 Å². The van der Waals surface area contributed by atoms with Crippen molar-refractivity contribution >= 4 is 11.9 Å².